The average molecular weight is 562 g/mol. The number of allylic oxidation sites excluding steroid dienone is 2. The summed E-state index contributed by atoms with van der Waals surface area (Å²) in [5.74, 6) is 0. The number of nitrogens with zero attached hydrogens (tertiary/aromatic N) is 1. The van der Waals surface area contributed by atoms with Gasteiger partial charge in [0.2, 0.25) is 0 Å². The van der Waals surface area contributed by atoms with Gasteiger partial charge in [0.15, 0.2) is 0 Å². The number of fused-ring (bicyclic) bond motifs is 6. The maximum atomic E-state index is 5.93. The van der Waals surface area contributed by atoms with Crippen LogP contribution in [0.3, 0.4) is 0 Å². The highest BCUT2D eigenvalue weighted by molar-refractivity contribution is 6.97. The zero-order valence-corrected chi connectivity index (χ0v) is 27.2. The predicted molar refractivity (Wildman–Crippen MR) is 179 cm³/mol. The van der Waals surface area contributed by atoms with Crippen molar-refractivity contribution in [3.05, 3.63) is 106 Å². The van der Waals surface area contributed by atoms with E-state index in [-0.39, 0.29) is 5.60 Å². The van der Waals surface area contributed by atoms with E-state index in [0.29, 0.717) is 11.6 Å². The highest BCUT2D eigenvalue weighted by Crippen LogP contribution is 2.60. The Morgan fingerprint density at radius 3 is 2.24 bits per heavy atom. The molecule has 0 amide bonds. The Morgan fingerprint density at radius 2 is 1.49 bits per heavy atom. The highest BCUT2D eigenvalue weighted by Gasteiger charge is 2.49. The van der Waals surface area contributed by atoms with Crippen molar-refractivity contribution >= 4 is 30.1 Å². The molecule has 0 aromatic heterocycles. The van der Waals surface area contributed by atoms with Crippen molar-refractivity contribution in [1.82, 2.24) is 0 Å². The smallest absolute Gasteiger partial charge is 0.0932 e. The van der Waals surface area contributed by atoms with Gasteiger partial charge in [-0.15, -0.1) is 0 Å². The molecule has 3 aliphatic rings. The molecule has 0 N–H and O–H groups in total. The van der Waals surface area contributed by atoms with Gasteiger partial charge in [-0.3, -0.25) is 0 Å². The molecule has 2 atom stereocenters. The number of benzene rings is 3. The minimum Gasteiger partial charge on any atom is -0.376 e. The first-order chi connectivity index (χ1) is 19.6. The molecule has 6 rings (SSSR count). The van der Waals surface area contributed by atoms with Gasteiger partial charge < -0.3 is 9.64 Å². The Hall–Kier alpha value is -2.88. The summed E-state index contributed by atoms with van der Waals surface area (Å²) in [6.45, 7) is 14.8. The molecule has 0 spiro atoms. The lowest BCUT2D eigenvalue weighted by molar-refractivity contribution is -0.00473. The van der Waals surface area contributed by atoms with Crippen molar-refractivity contribution in [3.8, 4) is 0 Å². The molecule has 0 saturated carbocycles. The number of hydrogen-bond acceptors (Lipinski definition) is 2. The molecule has 3 aromatic rings. The Kier molecular flexibility index (Phi) is 7.40. The molecule has 0 radical (unpaired) electrons. The summed E-state index contributed by atoms with van der Waals surface area (Å²) in [4.78, 5) is 2.52. The minimum absolute atomic E-state index is 0.0327. The molecule has 41 heavy (non-hydrogen) atoms. The monoisotopic (exact) mass is 561 g/mol. The van der Waals surface area contributed by atoms with Gasteiger partial charge >= 0.3 is 0 Å². The number of ether oxygens (including phenoxy) is 1. The summed E-state index contributed by atoms with van der Waals surface area (Å²) < 4.78 is 5.93. The normalized spacial score (nSPS) is 19.3. The fourth-order valence-electron chi connectivity index (χ4n) is 7.65. The van der Waals surface area contributed by atoms with Gasteiger partial charge in [0.25, 0.3) is 0 Å². The van der Waals surface area contributed by atoms with Crippen LogP contribution < -0.4 is 4.90 Å². The molecular formula is C38H47NOSi. The number of rotatable bonds is 9. The molecule has 0 fully saturated rings. The van der Waals surface area contributed by atoms with E-state index in [1.807, 2.05) is 0 Å². The largest absolute Gasteiger partial charge is 0.376 e. The summed E-state index contributed by atoms with van der Waals surface area (Å²) >= 11 is 0. The first kappa shape index (κ1) is 28.2. The van der Waals surface area contributed by atoms with Gasteiger partial charge in [-0.2, -0.15) is 0 Å². The fourth-order valence-corrected chi connectivity index (χ4v) is 11.5. The maximum absolute atomic E-state index is 5.93. The van der Waals surface area contributed by atoms with Crippen molar-refractivity contribution in [1.29, 1.82) is 0 Å². The molecule has 2 aliphatic carbocycles. The summed E-state index contributed by atoms with van der Waals surface area (Å²) in [5, 5.41) is 1.67. The van der Waals surface area contributed by atoms with Crippen molar-refractivity contribution in [3.63, 3.8) is 0 Å². The second-order valence-corrected chi connectivity index (χ2v) is 18.6. The summed E-state index contributed by atoms with van der Waals surface area (Å²) in [5.41, 5.74) is 13.8. The molecule has 0 bridgehead atoms. The number of aryl methyl sites for hydroxylation is 1. The van der Waals surface area contributed by atoms with Gasteiger partial charge in [-0.05, 0) is 97.7 Å². The van der Waals surface area contributed by atoms with Crippen LogP contribution in [0.1, 0.15) is 97.8 Å². The second kappa shape index (κ2) is 10.7. The quantitative estimate of drug-likeness (QED) is 0.190. The van der Waals surface area contributed by atoms with E-state index in [0.717, 1.165) is 13.0 Å². The summed E-state index contributed by atoms with van der Waals surface area (Å²) in [7, 11) is 0.284. The van der Waals surface area contributed by atoms with Crippen LogP contribution in [0, 0.1) is 6.92 Å². The zero-order valence-electron chi connectivity index (χ0n) is 26.2. The molecule has 1 heterocycles. The first-order valence-electron chi connectivity index (χ1n) is 15.7. The van der Waals surface area contributed by atoms with Crippen LogP contribution in [0.2, 0.25) is 13.1 Å². The second-order valence-electron chi connectivity index (χ2n) is 14.0. The zero-order chi connectivity index (χ0) is 28.9. The minimum atomic E-state index is -2.01. The molecule has 2 nitrogen and oxygen atoms in total. The predicted octanol–water partition coefficient (Wildman–Crippen LogP) is 10.1. The summed E-state index contributed by atoms with van der Waals surface area (Å²) in [6.07, 6.45) is 8.79. The lowest BCUT2D eigenvalue weighted by Crippen LogP contribution is -2.35. The van der Waals surface area contributed by atoms with Crippen LogP contribution in [0.15, 0.2) is 72.8 Å². The third-order valence-corrected chi connectivity index (χ3v) is 13.4. The highest BCUT2D eigenvalue weighted by atomic mass is 28.3. The van der Waals surface area contributed by atoms with Gasteiger partial charge in [0.05, 0.1) is 19.7 Å². The van der Waals surface area contributed by atoms with Gasteiger partial charge in [0, 0.05) is 30.4 Å². The number of unbranched alkanes of at least 4 members (excludes halogenated alkanes) is 3. The molecule has 3 aromatic carbocycles. The van der Waals surface area contributed by atoms with E-state index in [4.69, 9.17) is 4.74 Å². The Balaban J connectivity index is 1.32. The summed E-state index contributed by atoms with van der Waals surface area (Å²) in [6, 6.07) is 25.9. The molecule has 3 heteroatoms. The average Bonchev–Trinajstić information content (AvgIpc) is 3.57. The first-order valence-corrected chi connectivity index (χ1v) is 18.8. The van der Waals surface area contributed by atoms with Crippen LogP contribution in [0.25, 0.3) is 16.3 Å². The fraction of sp³-hybridized carbons (Fsp3) is 0.421. The molecule has 0 saturated heterocycles. The van der Waals surface area contributed by atoms with Gasteiger partial charge in [-0.25, -0.2) is 0 Å². The Labute approximate surface area is 249 Å². The molecular weight excluding hydrogens is 515 g/mol. The standard InChI is InChI=1S/C38H47NOSi/c1-26-21-22-33-32(24-26)35-36(39(33)5)30-19-13-14-20-31(30)37(35)41(6,7)34-25-27(28-17-11-12-18-29(28)34)16-10-8-9-15-23-40-38(2,3)4/h11-14,17-22,24-25,34,36H,8-10,15-16,23H2,1-7H3. The maximum Gasteiger partial charge on any atom is 0.0932 e. The van der Waals surface area contributed by atoms with Crippen LogP contribution >= 0.6 is 0 Å². The molecule has 1 aliphatic heterocycles. The van der Waals surface area contributed by atoms with Crippen LogP contribution in [-0.2, 0) is 4.74 Å². The Morgan fingerprint density at radius 1 is 0.805 bits per heavy atom. The number of anilines is 1. The molecule has 214 valence electrons. The van der Waals surface area contributed by atoms with E-state index >= 15 is 0 Å². The van der Waals surface area contributed by atoms with Gasteiger partial charge in [0.1, 0.15) is 0 Å². The van der Waals surface area contributed by atoms with E-state index in [1.54, 1.807) is 21.9 Å². The van der Waals surface area contributed by atoms with Crippen molar-refractivity contribution in [2.45, 2.75) is 90.1 Å². The van der Waals surface area contributed by atoms with Crippen molar-refractivity contribution in [2.24, 2.45) is 0 Å². The lowest BCUT2D eigenvalue weighted by Gasteiger charge is -2.33. The van der Waals surface area contributed by atoms with Crippen molar-refractivity contribution < 1.29 is 4.74 Å². The third kappa shape index (κ3) is 5.06. The number of likely N-dealkylation sites (N-methyl/N-ethyl adjacent to an activating group) is 1. The van der Waals surface area contributed by atoms with E-state index in [9.17, 15) is 0 Å². The van der Waals surface area contributed by atoms with Gasteiger partial charge in [-0.1, -0.05) is 92.2 Å². The van der Waals surface area contributed by atoms with Crippen LogP contribution in [0.5, 0.6) is 0 Å². The van der Waals surface area contributed by atoms with E-state index < -0.39 is 8.07 Å². The van der Waals surface area contributed by atoms with E-state index in [2.05, 4.69) is 126 Å². The SMILES string of the molecule is Cc1ccc2c(c1)C1=C([Si](C)(C)C3C=C(CCCCCCOC(C)(C)C)c4ccccc43)c3ccccc3C1N2C. The topological polar surface area (TPSA) is 12.5 Å². The van der Waals surface area contributed by atoms with Crippen LogP contribution in [0.4, 0.5) is 5.69 Å². The van der Waals surface area contributed by atoms with E-state index in [1.165, 1.54) is 59.2 Å². The third-order valence-electron chi connectivity index (χ3n) is 9.58. The Bertz CT molecular complexity index is 1520. The number of hydrogen-bond donors (Lipinski definition) is 0. The van der Waals surface area contributed by atoms with Crippen molar-refractivity contribution in [2.75, 3.05) is 18.6 Å². The lowest BCUT2D eigenvalue weighted by atomic mass is 10.0. The van der Waals surface area contributed by atoms with Crippen LogP contribution in [-0.4, -0.2) is 27.3 Å². The molecule has 2 unspecified atom stereocenters.